The van der Waals surface area contributed by atoms with Gasteiger partial charge < -0.3 is 21.3 Å². The standard InChI is InChI=1S/C28H34ClN3O5S/c1-28(2,31-17-26(34)21-11-12-25(33)24(15-21)32-38(3,36)37)16-18-7-6-9-19(13-18)22(27(30)35)14-20-8-4-5-10-23(20)29/h4-13,15,22,26,31-34H,14,16-17H2,1-3H3,(H2,30,35)/t22?,26-/m1/s1. The molecule has 0 aliphatic rings. The van der Waals surface area contributed by atoms with Crippen molar-refractivity contribution in [2.45, 2.75) is 44.2 Å². The van der Waals surface area contributed by atoms with E-state index in [1.807, 2.05) is 56.3 Å². The minimum atomic E-state index is -3.59. The van der Waals surface area contributed by atoms with Gasteiger partial charge in [0.1, 0.15) is 5.75 Å². The van der Waals surface area contributed by atoms with Gasteiger partial charge in [-0.1, -0.05) is 60.1 Å². The van der Waals surface area contributed by atoms with E-state index in [2.05, 4.69) is 10.0 Å². The molecule has 0 saturated carbocycles. The summed E-state index contributed by atoms with van der Waals surface area (Å²) in [6, 6.07) is 19.4. The number of hydrogen-bond acceptors (Lipinski definition) is 6. The molecule has 3 aromatic carbocycles. The van der Waals surface area contributed by atoms with E-state index in [1.165, 1.54) is 18.2 Å². The zero-order valence-electron chi connectivity index (χ0n) is 21.6. The first-order chi connectivity index (χ1) is 17.7. The van der Waals surface area contributed by atoms with E-state index in [0.29, 0.717) is 23.4 Å². The normalized spacial score (nSPS) is 13.6. The van der Waals surface area contributed by atoms with Crippen LogP contribution in [0.15, 0.2) is 66.7 Å². The van der Waals surface area contributed by atoms with E-state index in [0.717, 1.165) is 22.9 Å². The van der Waals surface area contributed by atoms with Gasteiger partial charge in [0.05, 0.1) is 24.0 Å². The third kappa shape index (κ3) is 8.46. The molecule has 0 bridgehead atoms. The SMILES string of the molecule is CC(C)(Cc1cccc(C(Cc2ccccc2Cl)C(N)=O)c1)NC[C@@H](O)c1ccc(O)c(NS(C)(=O)=O)c1. The Labute approximate surface area is 228 Å². The van der Waals surface area contributed by atoms with Crippen molar-refractivity contribution in [3.05, 3.63) is 94.0 Å². The first-order valence-electron chi connectivity index (χ1n) is 12.1. The van der Waals surface area contributed by atoms with Gasteiger partial charge in [-0.15, -0.1) is 0 Å². The summed E-state index contributed by atoms with van der Waals surface area (Å²) in [4.78, 5) is 12.3. The van der Waals surface area contributed by atoms with Gasteiger partial charge in [0.15, 0.2) is 0 Å². The zero-order chi connectivity index (χ0) is 28.1. The number of nitrogens with one attached hydrogen (secondary N) is 2. The molecule has 2 atom stereocenters. The topological polar surface area (TPSA) is 142 Å². The van der Waals surface area contributed by atoms with Crippen LogP contribution in [0.1, 0.15) is 48.1 Å². The summed E-state index contributed by atoms with van der Waals surface area (Å²) in [5, 5.41) is 24.6. The van der Waals surface area contributed by atoms with Gasteiger partial charge >= 0.3 is 0 Å². The first-order valence-corrected chi connectivity index (χ1v) is 14.4. The van der Waals surface area contributed by atoms with Crippen molar-refractivity contribution in [3.8, 4) is 5.75 Å². The quantitative estimate of drug-likeness (QED) is 0.213. The number of anilines is 1. The number of benzene rings is 3. The van der Waals surface area contributed by atoms with Gasteiger partial charge in [0.25, 0.3) is 0 Å². The van der Waals surface area contributed by atoms with Crippen molar-refractivity contribution in [2.24, 2.45) is 5.73 Å². The average Bonchev–Trinajstić information content (AvgIpc) is 2.82. The second kappa shape index (κ2) is 12.2. The number of phenolic OH excluding ortho intramolecular Hbond substituents is 1. The number of halogens is 1. The number of rotatable bonds is 12. The molecule has 0 saturated heterocycles. The minimum Gasteiger partial charge on any atom is -0.506 e. The maximum Gasteiger partial charge on any atom is 0.229 e. The molecular weight excluding hydrogens is 526 g/mol. The molecule has 0 radical (unpaired) electrons. The van der Waals surface area contributed by atoms with Crippen LogP contribution in [-0.4, -0.2) is 42.9 Å². The largest absolute Gasteiger partial charge is 0.506 e. The van der Waals surface area contributed by atoms with E-state index in [4.69, 9.17) is 17.3 Å². The maximum absolute atomic E-state index is 12.3. The number of aromatic hydroxyl groups is 1. The molecule has 3 aromatic rings. The van der Waals surface area contributed by atoms with Gasteiger partial charge in [-0.2, -0.15) is 0 Å². The Morgan fingerprint density at radius 3 is 2.42 bits per heavy atom. The average molecular weight is 560 g/mol. The molecule has 3 rings (SSSR count). The first kappa shape index (κ1) is 29.4. The molecule has 8 nitrogen and oxygen atoms in total. The highest BCUT2D eigenvalue weighted by Gasteiger charge is 2.23. The van der Waals surface area contributed by atoms with E-state index in [-0.39, 0.29) is 18.0 Å². The molecule has 204 valence electrons. The fourth-order valence-corrected chi connectivity index (χ4v) is 5.07. The van der Waals surface area contributed by atoms with Gasteiger partial charge in [-0.3, -0.25) is 9.52 Å². The molecule has 0 aromatic heterocycles. The highest BCUT2D eigenvalue weighted by molar-refractivity contribution is 7.92. The third-order valence-electron chi connectivity index (χ3n) is 6.20. The number of carbonyl (C=O) groups is 1. The number of phenols is 1. The number of hydrogen-bond donors (Lipinski definition) is 5. The fourth-order valence-electron chi connectivity index (χ4n) is 4.29. The Hall–Kier alpha value is -3.11. The Bertz CT molecular complexity index is 1390. The second-order valence-electron chi connectivity index (χ2n) is 10.1. The lowest BCUT2D eigenvalue weighted by Gasteiger charge is -2.28. The van der Waals surface area contributed by atoms with Crippen LogP contribution in [0.3, 0.4) is 0 Å². The van der Waals surface area contributed by atoms with E-state index in [1.54, 1.807) is 6.07 Å². The molecule has 0 aliphatic carbocycles. The molecule has 0 fully saturated rings. The molecule has 0 spiro atoms. The number of β-amino-alcohol motifs (C(OH)–C–C–N with tert-alkyl or cyclic N) is 1. The zero-order valence-corrected chi connectivity index (χ0v) is 23.2. The van der Waals surface area contributed by atoms with Crippen LogP contribution in [-0.2, 0) is 27.7 Å². The monoisotopic (exact) mass is 559 g/mol. The van der Waals surface area contributed by atoms with Crippen LogP contribution >= 0.6 is 11.6 Å². The van der Waals surface area contributed by atoms with E-state index in [9.17, 15) is 23.4 Å². The van der Waals surface area contributed by atoms with E-state index < -0.39 is 33.5 Å². The lowest BCUT2D eigenvalue weighted by molar-refractivity contribution is -0.119. The maximum atomic E-state index is 12.3. The summed E-state index contributed by atoms with van der Waals surface area (Å²) >= 11 is 6.30. The van der Waals surface area contributed by atoms with Crippen molar-refractivity contribution >= 4 is 33.2 Å². The number of sulfonamides is 1. The number of carbonyl (C=O) groups excluding carboxylic acids is 1. The van der Waals surface area contributed by atoms with Crippen molar-refractivity contribution in [2.75, 3.05) is 17.5 Å². The van der Waals surface area contributed by atoms with E-state index >= 15 is 0 Å². The Morgan fingerprint density at radius 1 is 1.05 bits per heavy atom. The third-order valence-corrected chi connectivity index (χ3v) is 7.16. The highest BCUT2D eigenvalue weighted by Crippen LogP contribution is 2.29. The Kier molecular flexibility index (Phi) is 9.43. The Balaban J connectivity index is 1.69. The lowest BCUT2D eigenvalue weighted by atomic mass is 9.88. The molecule has 0 aliphatic heterocycles. The number of amides is 1. The van der Waals surface area contributed by atoms with Crippen LogP contribution in [0.25, 0.3) is 0 Å². The van der Waals surface area contributed by atoms with Crippen molar-refractivity contribution < 1.29 is 23.4 Å². The van der Waals surface area contributed by atoms with Gasteiger partial charge in [-0.05, 0) is 67.1 Å². The van der Waals surface area contributed by atoms with Crippen molar-refractivity contribution in [1.29, 1.82) is 0 Å². The summed E-state index contributed by atoms with van der Waals surface area (Å²) in [5.74, 6) is -1.19. The molecular formula is C28H34ClN3O5S. The van der Waals surface area contributed by atoms with Crippen LogP contribution < -0.4 is 15.8 Å². The number of nitrogens with two attached hydrogens (primary N) is 1. The molecule has 1 unspecified atom stereocenters. The molecule has 38 heavy (non-hydrogen) atoms. The van der Waals surface area contributed by atoms with Crippen LogP contribution in [0.2, 0.25) is 5.02 Å². The van der Waals surface area contributed by atoms with Crippen LogP contribution in [0, 0.1) is 0 Å². The van der Waals surface area contributed by atoms with Gasteiger partial charge in [0, 0.05) is 17.1 Å². The summed E-state index contributed by atoms with van der Waals surface area (Å²) in [5.41, 5.74) is 8.42. The number of primary amides is 1. The summed E-state index contributed by atoms with van der Waals surface area (Å²) in [6.45, 7) is 4.18. The lowest BCUT2D eigenvalue weighted by Crippen LogP contribution is -2.43. The second-order valence-corrected chi connectivity index (χ2v) is 12.3. The number of aliphatic hydroxyl groups excluding tert-OH is 1. The van der Waals surface area contributed by atoms with Crippen LogP contribution in [0.5, 0.6) is 5.75 Å². The summed E-state index contributed by atoms with van der Waals surface area (Å²) in [7, 11) is -3.59. The fraction of sp³-hybridized carbons (Fsp3) is 0.321. The molecule has 10 heteroatoms. The van der Waals surface area contributed by atoms with Gasteiger partial charge in [0.2, 0.25) is 15.9 Å². The van der Waals surface area contributed by atoms with Gasteiger partial charge in [-0.25, -0.2) is 8.42 Å². The van der Waals surface area contributed by atoms with Crippen molar-refractivity contribution in [1.82, 2.24) is 5.32 Å². The molecule has 1 amide bonds. The predicted octanol–water partition coefficient (Wildman–Crippen LogP) is 3.87. The smallest absolute Gasteiger partial charge is 0.229 e. The summed E-state index contributed by atoms with van der Waals surface area (Å²) in [6.07, 6.45) is 1.03. The number of aliphatic hydroxyl groups is 1. The van der Waals surface area contributed by atoms with Crippen LogP contribution in [0.4, 0.5) is 5.69 Å². The minimum absolute atomic E-state index is 0.000852. The molecule has 0 heterocycles. The Morgan fingerprint density at radius 2 is 1.76 bits per heavy atom. The predicted molar refractivity (Wildman–Crippen MR) is 151 cm³/mol. The summed E-state index contributed by atoms with van der Waals surface area (Å²) < 4.78 is 25.3. The highest BCUT2D eigenvalue weighted by atomic mass is 35.5. The molecule has 6 N–H and O–H groups in total. The van der Waals surface area contributed by atoms with Crippen molar-refractivity contribution in [3.63, 3.8) is 0 Å².